The van der Waals surface area contributed by atoms with E-state index in [4.69, 9.17) is 4.74 Å². The standard InChI is InChI=1S/C103H76O5/c1-4-103(3,88-67-87(70-34-16-6-17-35-70)91(79-52-50-68(2)51-53-79)94(75-42-24-10-25-43-75)92(88)73-38-20-8-21-39-73)82-60-54-71(55-61-82)86-66-85(69-32-14-5-15-33-69)90(93(74-40-22-9-23-41-74)89(86)72-36-18-7-19-37-72)80-56-62-83(63-57-80)108-84-64-58-81(59-65-84)96-95(76-44-26-11-27-45-76)97(77-46-28-12-29-47-77)99(101(104)105)100(102(106)107)98(96)78-48-30-13-31-49-78/h5-67H,4H2,1-3H3,(H,104,105)(H,106,107). The smallest absolute Gasteiger partial charge is 0.337 e. The highest BCUT2D eigenvalue weighted by Gasteiger charge is 2.37. The van der Waals surface area contributed by atoms with Gasteiger partial charge < -0.3 is 14.9 Å². The molecule has 0 spiro atoms. The van der Waals surface area contributed by atoms with Crippen molar-refractivity contribution in [1.82, 2.24) is 0 Å². The predicted molar refractivity (Wildman–Crippen MR) is 445 cm³/mol. The van der Waals surface area contributed by atoms with Gasteiger partial charge in [-0.15, -0.1) is 0 Å². The molecule has 5 nitrogen and oxygen atoms in total. The van der Waals surface area contributed by atoms with Crippen molar-refractivity contribution in [2.75, 3.05) is 0 Å². The number of carbonyl (C=O) groups is 2. The van der Waals surface area contributed by atoms with E-state index in [0.717, 1.165) is 84.3 Å². The van der Waals surface area contributed by atoms with Crippen molar-refractivity contribution in [2.24, 2.45) is 0 Å². The van der Waals surface area contributed by atoms with Crippen LogP contribution in [0.1, 0.15) is 57.7 Å². The van der Waals surface area contributed by atoms with Gasteiger partial charge in [0.25, 0.3) is 0 Å². The quantitative estimate of drug-likeness (QED) is 0.0794. The highest BCUT2D eigenvalue weighted by atomic mass is 16.5. The maximum atomic E-state index is 13.8. The molecule has 0 bridgehead atoms. The monoisotopic (exact) mass is 1390 g/mol. The van der Waals surface area contributed by atoms with Crippen molar-refractivity contribution in [3.8, 4) is 156 Å². The summed E-state index contributed by atoms with van der Waals surface area (Å²) < 4.78 is 6.80. The topological polar surface area (TPSA) is 83.8 Å². The Morgan fingerprint density at radius 3 is 0.824 bits per heavy atom. The summed E-state index contributed by atoms with van der Waals surface area (Å²) in [6.45, 7) is 6.93. The highest BCUT2D eigenvalue weighted by molar-refractivity contribution is 6.19. The van der Waals surface area contributed by atoms with Crippen molar-refractivity contribution < 1.29 is 24.5 Å². The molecular formula is C103H76O5. The largest absolute Gasteiger partial charge is 0.478 e. The fourth-order valence-corrected chi connectivity index (χ4v) is 15.9. The minimum Gasteiger partial charge on any atom is -0.478 e. The lowest BCUT2D eigenvalue weighted by Gasteiger charge is -2.35. The van der Waals surface area contributed by atoms with Crippen LogP contribution >= 0.6 is 0 Å². The van der Waals surface area contributed by atoms with Crippen LogP contribution in [0.4, 0.5) is 0 Å². The van der Waals surface area contributed by atoms with Crippen LogP contribution in [-0.4, -0.2) is 22.2 Å². The van der Waals surface area contributed by atoms with Crippen molar-refractivity contribution >= 4 is 11.9 Å². The summed E-state index contributed by atoms with van der Waals surface area (Å²) in [6, 6.07) is 132. The molecule has 16 aromatic carbocycles. The summed E-state index contributed by atoms with van der Waals surface area (Å²) >= 11 is 0. The van der Waals surface area contributed by atoms with E-state index in [0.29, 0.717) is 50.4 Å². The number of rotatable bonds is 20. The van der Waals surface area contributed by atoms with Gasteiger partial charge >= 0.3 is 11.9 Å². The van der Waals surface area contributed by atoms with Crippen LogP contribution in [-0.2, 0) is 5.41 Å². The second-order valence-electron chi connectivity index (χ2n) is 27.6. The molecule has 0 aliphatic heterocycles. The zero-order valence-electron chi connectivity index (χ0n) is 60.2. The third-order valence-electron chi connectivity index (χ3n) is 21.2. The molecule has 0 amide bonds. The van der Waals surface area contributed by atoms with Gasteiger partial charge in [-0.1, -0.05) is 365 Å². The lowest BCUT2D eigenvalue weighted by molar-refractivity contribution is 0.0653. The third-order valence-corrected chi connectivity index (χ3v) is 21.2. The third kappa shape index (κ3) is 13.2. The Bertz CT molecular complexity index is 5900. The lowest BCUT2D eigenvalue weighted by atomic mass is 9.68. The molecule has 0 fully saturated rings. The Kier molecular flexibility index (Phi) is 19.2. The molecule has 518 valence electrons. The Labute approximate surface area is 631 Å². The molecule has 0 radical (unpaired) electrons. The van der Waals surface area contributed by atoms with Gasteiger partial charge in [-0.2, -0.15) is 0 Å². The van der Waals surface area contributed by atoms with E-state index >= 15 is 0 Å². The van der Waals surface area contributed by atoms with Crippen LogP contribution in [0.5, 0.6) is 11.5 Å². The molecule has 0 saturated heterocycles. The maximum absolute atomic E-state index is 13.8. The van der Waals surface area contributed by atoms with E-state index < -0.39 is 17.4 Å². The number of benzene rings is 16. The van der Waals surface area contributed by atoms with E-state index in [1.54, 1.807) is 0 Å². The normalized spacial score (nSPS) is 11.7. The van der Waals surface area contributed by atoms with Gasteiger partial charge in [0.2, 0.25) is 0 Å². The first-order valence-corrected chi connectivity index (χ1v) is 36.7. The average molecular weight is 1390 g/mol. The Balaban J connectivity index is 0.838. The summed E-state index contributed by atoms with van der Waals surface area (Å²) in [7, 11) is 0. The van der Waals surface area contributed by atoms with Crippen molar-refractivity contribution in [1.29, 1.82) is 0 Å². The Morgan fingerprint density at radius 1 is 0.269 bits per heavy atom. The summed E-state index contributed by atoms with van der Waals surface area (Å²) in [5.74, 6) is -1.53. The number of carboxylic acid groups (broad SMARTS) is 2. The van der Waals surface area contributed by atoms with Gasteiger partial charge in [0.15, 0.2) is 0 Å². The van der Waals surface area contributed by atoms with Crippen LogP contribution in [0.2, 0.25) is 0 Å². The molecule has 16 aromatic rings. The molecule has 0 aromatic heterocycles. The maximum Gasteiger partial charge on any atom is 0.337 e. The summed E-state index contributed by atoms with van der Waals surface area (Å²) in [5, 5.41) is 22.4. The lowest BCUT2D eigenvalue weighted by Crippen LogP contribution is -2.24. The SMILES string of the molecule is CCC(C)(c1ccc(-c2cc(-c3ccccc3)c(-c3ccc(Oc4ccc(-c5c(-c6ccccc6)c(C(=O)O)c(C(=O)O)c(-c6ccccc6)c5-c5ccccc5)cc4)cc3)c(-c3ccccc3)c2-c2ccccc2)cc1)c1cc(-c2ccccc2)c(-c2ccc(C)cc2)c(-c2ccccc2)c1-c1ccccc1. The number of hydrogen-bond acceptors (Lipinski definition) is 3. The molecule has 0 heterocycles. The second kappa shape index (κ2) is 30.2. The summed E-state index contributed by atoms with van der Waals surface area (Å²) in [6.07, 6.45) is 0.820. The second-order valence-corrected chi connectivity index (χ2v) is 27.6. The molecule has 0 aliphatic carbocycles. The zero-order valence-corrected chi connectivity index (χ0v) is 60.2. The van der Waals surface area contributed by atoms with Gasteiger partial charge in [-0.05, 0) is 194 Å². The van der Waals surface area contributed by atoms with E-state index in [-0.39, 0.29) is 11.1 Å². The molecule has 108 heavy (non-hydrogen) atoms. The van der Waals surface area contributed by atoms with Crippen LogP contribution in [0.3, 0.4) is 0 Å². The van der Waals surface area contributed by atoms with Crippen LogP contribution in [0.25, 0.3) is 145 Å². The fourth-order valence-electron chi connectivity index (χ4n) is 15.9. The predicted octanol–water partition coefficient (Wildman–Crippen LogP) is 27.6. The molecule has 16 rings (SSSR count). The molecule has 1 unspecified atom stereocenters. The molecule has 0 aliphatic rings. The zero-order chi connectivity index (χ0) is 73.7. The Hall–Kier alpha value is -13.7. The van der Waals surface area contributed by atoms with Crippen molar-refractivity contribution in [3.05, 3.63) is 410 Å². The molecular weight excluding hydrogens is 1320 g/mol. The molecule has 5 heteroatoms. The number of ether oxygens (including phenoxy) is 1. The van der Waals surface area contributed by atoms with E-state index in [9.17, 15) is 19.8 Å². The first-order chi connectivity index (χ1) is 53.0. The number of hydrogen-bond donors (Lipinski definition) is 2. The summed E-state index contributed by atoms with van der Waals surface area (Å²) in [5.41, 5.74) is 27.2. The number of aromatic carboxylic acids is 2. The van der Waals surface area contributed by atoms with Gasteiger partial charge in [0.1, 0.15) is 11.5 Å². The van der Waals surface area contributed by atoms with Gasteiger partial charge in [-0.3, -0.25) is 0 Å². The molecule has 2 N–H and O–H groups in total. The van der Waals surface area contributed by atoms with E-state index in [1.165, 1.54) is 44.5 Å². The van der Waals surface area contributed by atoms with Crippen LogP contribution in [0, 0.1) is 6.92 Å². The molecule has 0 saturated carbocycles. The number of carboxylic acids is 2. The van der Waals surface area contributed by atoms with Crippen molar-refractivity contribution in [3.63, 3.8) is 0 Å². The van der Waals surface area contributed by atoms with Crippen molar-refractivity contribution in [2.45, 2.75) is 32.6 Å². The van der Waals surface area contributed by atoms with Gasteiger partial charge in [0, 0.05) is 16.5 Å². The highest BCUT2D eigenvalue weighted by Crippen LogP contribution is 2.56. The number of aryl methyl sites for hydroxylation is 1. The Morgan fingerprint density at radius 2 is 0.500 bits per heavy atom. The van der Waals surface area contributed by atoms with Gasteiger partial charge in [0.05, 0.1) is 11.1 Å². The first kappa shape index (κ1) is 68.7. The minimum absolute atomic E-state index is 0.287. The average Bonchev–Trinajstić information content (AvgIpc) is 0.737. The first-order valence-electron chi connectivity index (χ1n) is 36.7. The van der Waals surface area contributed by atoms with E-state index in [2.05, 4.69) is 276 Å². The van der Waals surface area contributed by atoms with Crippen LogP contribution in [0.15, 0.2) is 382 Å². The van der Waals surface area contributed by atoms with Crippen LogP contribution < -0.4 is 4.74 Å². The fraction of sp³-hybridized carbons (Fsp3) is 0.0485. The minimum atomic E-state index is -1.35. The summed E-state index contributed by atoms with van der Waals surface area (Å²) in [4.78, 5) is 27.5. The van der Waals surface area contributed by atoms with E-state index in [1.807, 2.05) is 127 Å². The van der Waals surface area contributed by atoms with Gasteiger partial charge in [-0.25, -0.2) is 9.59 Å². The molecule has 1 atom stereocenters.